The van der Waals surface area contributed by atoms with E-state index >= 15 is 0 Å². The summed E-state index contributed by atoms with van der Waals surface area (Å²) in [4.78, 5) is 0. The minimum absolute atomic E-state index is 0.352. The Morgan fingerprint density at radius 2 is 2.56 bits per heavy atom. The Labute approximate surface area is 54.6 Å². The minimum atomic E-state index is -0.352. The van der Waals surface area contributed by atoms with Gasteiger partial charge in [0.05, 0.1) is 12.6 Å². The molecule has 1 rings (SSSR count). The lowest BCUT2D eigenvalue weighted by Crippen LogP contribution is -2.22. The second-order valence-corrected chi connectivity index (χ2v) is 2.59. The number of rotatable bonds is 0. The molecule has 0 amide bonds. The van der Waals surface area contributed by atoms with Crippen molar-refractivity contribution >= 4 is 6.21 Å². The van der Waals surface area contributed by atoms with Crippen molar-refractivity contribution in [2.45, 2.75) is 6.92 Å². The summed E-state index contributed by atoms with van der Waals surface area (Å²) in [5.74, 6) is 0. The number of nitriles is 1. The fourth-order valence-corrected chi connectivity index (χ4v) is 0.847. The van der Waals surface area contributed by atoms with Crippen molar-refractivity contribution in [2.24, 2.45) is 10.5 Å². The maximum atomic E-state index is 8.58. The molecule has 3 nitrogen and oxygen atoms in total. The van der Waals surface area contributed by atoms with Crippen LogP contribution < -0.4 is 0 Å². The molecule has 0 bridgehead atoms. The maximum absolute atomic E-state index is 8.58. The first-order valence-corrected chi connectivity index (χ1v) is 2.84. The van der Waals surface area contributed by atoms with Crippen molar-refractivity contribution in [1.29, 1.82) is 5.26 Å². The van der Waals surface area contributed by atoms with Crippen LogP contribution in [0.1, 0.15) is 6.92 Å². The van der Waals surface area contributed by atoms with Crippen LogP contribution in [0.4, 0.5) is 0 Å². The average molecular weight is 123 g/mol. The molecule has 1 unspecified atom stereocenters. The highest BCUT2D eigenvalue weighted by atomic mass is 15.5. The summed E-state index contributed by atoms with van der Waals surface area (Å²) in [7, 11) is 1.86. The molecular formula is C6H9N3. The Morgan fingerprint density at radius 1 is 1.89 bits per heavy atom. The van der Waals surface area contributed by atoms with E-state index in [1.165, 1.54) is 0 Å². The third-order valence-corrected chi connectivity index (χ3v) is 1.35. The fourth-order valence-electron chi connectivity index (χ4n) is 0.847. The Balaban J connectivity index is 2.71. The molecule has 0 aromatic carbocycles. The third-order valence-electron chi connectivity index (χ3n) is 1.35. The summed E-state index contributed by atoms with van der Waals surface area (Å²) >= 11 is 0. The van der Waals surface area contributed by atoms with Crippen LogP contribution in [0.2, 0.25) is 0 Å². The normalized spacial score (nSPS) is 32.8. The fraction of sp³-hybridized carbons (Fsp3) is 0.667. The van der Waals surface area contributed by atoms with Gasteiger partial charge < -0.3 is 0 Å². The molecule has 3 heteroatoms. The van der Waals surface area contributed by atoms with Crippen LogP contribution in [0.15, 0.2) is 5.10 Å². The van der Waals surface area contributed by atoms with Gasteiger partial charge in [-0.2, -0.15) is 10.4 Å². The maximum Gasteiger partial charge on any atom is 0.110 e. The minimum Gasteiger partial charge on any atom is -0.298 e. The topological polar surface area (TPSA) is 39.4 Å². The summed E-state index contributed by atoms with van der Waals surface area (Å²) in [6.07, 6.45) is 1.69. The van der Waals surface area contributed by atoms with Crippen LogP contribution in [0.5, 0.6) is 0 Å². The van der Waals surface area contributed by atoms with Crippen LogP contribution in [0, 0.1) is 16.7 Å². The predicted octanol–water partition coefficient (Wildman–Crippen LogP) is 0.447. The summed E-state index contributed by atoms with van der Waals surface area (Å²) < 4.78 is 0. The lowest BCUT2D eigenvalue weighted by molar-refractivity contribution is 0.341. The zero-order valence-corrected chi connectivity index (χ0v) is 5.63. The van der Waals surface area contributed by atoms with Gasteiger partial charge in [-0.3, -0.25) is 5.01 Å². The smallest absolute Gasteiger partial charge is 0.110 e. The highest BCUT2D eigenvalue weighted by molar-refractivity contribution is 5.70. The van der Waals surface area contributed by atoms with E-state index < -0.39 is 0 Å². The Hall–Kier alpha value is -1.04. The van der Waals surface area contributed by atoms with Gasteiger partial charge in [0.25, 0.3) is 0 Å². The van der Waals surface area contributed by atoms with E-state index in [2.05, 4.69) is 11.2 Å². The lowest BCUT2D eigenvalue weighted by atomic mass is 9.96. The second-order valence-electron chi connectivity index (χ2n) is 2.59. The first-order chi connectivity index (χ1) is 4.16. The SMILES string of the molecule is CN1CC(C)(C#N)C=N1. The summed E-state index contributed by atoms with van der Waals surface area (Å²) in [6.45, 7) is 2.59. The predicted molar refractivity (Wildman–Crippen MR) is 34.8 cm³/mol. The van der Waals surface area contributed by atoms with Crippen molar-refractivity contribution in [2.75, 3.05) is 13.6 Å². The van der Waals surface area contributed by atoms with Gasteiger partial charge in [-0.05, 0) is 6.92 Å². The van der Waals surface area contributed by atoms with Crippen molar-refractivity contribution in [3.63, 3.8) is 0 Å². The number of nitrogens with zero attached hydrogens (tertiary/aromatic N) is 3. The van der Waals surface area contributed by atoms with Crippen LogP contribution in [0.25, 0.3) is 0 Å². The van der Waals surface area contributed by atoms with E-state index in [1.807, 2.05) is 14.0 Å². The second kappa shape index (κ2) is 1.73. The van der Waals surface area contributed by atoms with Gasteiger partial charge >= 0.3 is 0 Å². The molecule has 9 heavy (non-hydrogen) atoms. The highest BCUT2D eigenvalue weighted by Crippen LogP contribution is 2.18. The molecule has 1 aliphatic rings. The molecule has 0 fully saturated rings. The number of hydrazone groups is 1. The van der Waals surface area contributed by atoms with Crippen LogP contribution in [0.3, 0.4) is 0 Å². The highest BCUT2D eigenvalue weighted by Gasteiger charge is 2.27. The van der Waals surface area contributed by atoms with Crippen molar-refractivity contribution in [3.8, 4) is 6.07 Å². The zero-order valence-electron chi connectivity index (χ0n) is 5.63. The van der Waals surface area contributed by atoms with Crippen LogP contribution in [-0.4, -0.2) is 24.8 Å². The average Bonchev–Trinajstić information content (AvgIpc) is 2.13. The van der Waals surface area contributed by atoms with Gasteiger partial charge in [-0.15, -0.1) is 0 Å². The Bertz CT molecular complexity index is 179. The van der Waals surface area contributed by atoms with Crippen LogP contribution in [-0.2, 0) is 0 Å². The molecule has 0 aliphatic carbocycles. The molecule has 0 spiro atoms. The molecule has 0 aromatic heterocycles. The first-order valence-electron chi connectivity index (χ1n) is 2.84. The molecule has 0 saturated heterocycles. The zero-order chi connectivity index (χ0) is 6.91. The van der Waals surface area contributed by atoms with Gasteiger partial charge in [-0.1, -0.05) is 0 Å². The van der Waals surface area contributed by atoms with Crippen molar-refractivity contribution in [1.82, 2.24) is 5.01 Å². The van der Waals surface area contributed by atoms with E-state index in [-0.39, 0.29) is 5.41 Å². The summed E-state index contributed by atoms with van der Waals surface area (Å²) in [6, 6.07) is 2.18. The number of hydrogen-bond acceptors (Lipinski definition) is 3. The Kier molecular flexibility index (Phi) is 1.17. The summed E-state index contributed by atoms with van der Waals surface area (Å²) in [5.41, 5.74) is -0.352. The third kappa shape index (κ3) is 1.02. The van der Waals surface area contributed by atoms with Gasteiger partial charge in [0, 0.05) is 13.3 Å². The number of hydrogen-bond donors (Lipinski definition) is 0. The van der Waals surface area contributed by atoms with Gasteiger partial charge in [0.1, 0.15) is 5.41 Å². The van der Waals surface area contributed by atoms with Crippen molar-refractivity contribution < 1.29 is 0 Å². The van der Waals surface area contributed by atoms with Crippen LogP contribution >= 0.6 is 0 Å². The van der Waals surface area contributed by atoms with E-state index in [1.54, 1.807) is 11.2 Å². The molecule has 0 radical (unpaired) electrons. The van der Waals surface area contributed by atoms with Gasteiger partial charge in [-0.25, -0.2) is 0 Å². The molecule has 0 N–H and O–H groups in total. The molecule has 0 aromatic rings. The molecular weight excluding hydrogens is 114 g/mol. The standard InChI is InChI=1S/C6H9N3/c1-6(3-7)4-8-9(2)5-6/h4H,5H2,1-2H3. The summed E-state index contributed by atoms with van der Waals surface area (Å²) in [5, 5.41) is 14.3. The molecule has 1 heterocycles. The van der Waals surface area contributed by atoms with E-state index in [0.717, 1.165) is 0 Å². The molecule has 1 atom stereocenters. The van der Waals surface area contributed by atoms with E-state index in [9.17, 15) is 0 Å². The van der Waals surface area contributed by atoms with Gasteiger partial charge in [0.15, 0.2) is 0 Å². The molecule has 1 aliphatic heterocycles. The quantitative estimate of drug-likeness (QED) is 0.469. The Morgan fingerprint density at radius 3 is 2.78 bits per heavy atom. The van der Waals surface area contributed by atoms with Crippen molar-refractivity contribution in [3.05, 3.63) is 0 Å². The molecule has 0 saturated carbocycles. The first kappa shape index (κ1) is 6.09. The molecule has 48 valence electrons. The largest absolute Gasteiger partial charge is 0.298 e. The van der Waals surface area contributed by atoms with Gasteiger partial charge in [0.2, 0.25) is 0 Å². The van der Waals surface area contributed by atoms with E-state index in [4.69, 9.17) is 5.26 Å². The lowest BCUT2D eigenvalue weighted by Gasteiger charge is -2.11. The monoisotopic (exact) mass is 123 g/mol. The van der Waals surface area contributed by atoms with E-state index in [0.29, 0.717) is 6.54 Å².